The molecule has 1 aromatic rings. The van der Waals surface area contributed by atoms with Gasteiger partial charge < -0.3 is 14.2 Å². The topological polar surface area (TPSA) is 27.7 Å². The van der Waals surface area contributed by atoms with Gasteiger partial charge in [0.15, 0.2) is 5.79 Å². The highest BCUT2D eigenvalue weighted by molar-refractivity contribution is 6.35. The Bertz CT molecular complexity index is 457. The van der Waals surface area contributed by atoms with Crippen molar-refractivity contribution in [2.45, 2.75) is 38.9 Å². The van der Waals surface area contributed by atoms with Crippen LogP contribution in [0, 0.1) is 0 Å². The zero-order valence-corrected chi connectivity index (χ0v) is 13.4. The van der Waals surface area contributed by atoms with Crippen LogP contribution in [0.15, 0.2) is 12.1 Å². The van der Waals surface area contributed by atoms with Crippen molar-refractivity contribution in [1.82, 2.24) is 0 Å². The molecule has 0 aliphatic carbocycles. The molecule has 1 aromatic carbocycles. The van der Waals surface area contributed by atoms with Gasteiger partial charge in [0.25, 0.3) is 0 Å². The summed E-state index contributed by atoms with van der Waals surface area (Å²) in [6, 6.07) is 3.52. The molecule has 0 atom stereocenters. The first-order valence-corrected chi connectivity index (χ1v) is 7.78. The lowest BCUT2D eigenvalue weighted by atomic mass is 9.99. The average Bonchev–Trinajstić information content (AvgIpc) is 2.87. The summed E-state index contributed by atoms with van der Waals surface area (Å²) in [6.07, 6.45) is 2.57. The normalized spacial score (nSPS) is 17.4. The highest BCUT2D eigenvalue weighted by Gasteiger charge is 2.41. The molecular weight excluding hydrogens is 299 g/mol. The molecular formula is C15H20Cl2O3. The van der Waals surface area contributed by atoms with Gasteiger partial charge >= 0.3 is 0 Å². The van der Waals surface area contributed by atoms with Crippen molar-refractivity contribution in [2.75, 3.05) is 19.8 Å². The minimum atomic E-state index is -0.785. The van der Waals surface area contributed by atoms with E-state index in [-0.39, 0.29) is 0 Å². The SMILES string of the molecule is CCCOc1c(Cl)cc(Cl)cc1C1(CCC)OCCO1. The van der Waals surface area contributed by atoms with E-state index in [9.17, 15) is 0 Å². The fraction of sp³-hybridized carbons (Fsp3) is 0.600. The fourth-order valence-corrected chi connectivity index (χ4v) is 2.96. The van der Waals surface area contributed by atoms with Gasteiger partial charge in [0.05, 0.1) is 30.4 Å². The molecule has 20 heavy (non-hydrogen) atoms. The maximum atomic E-state index is 6.29. The maximum Gasteiger partial charge on any atom is 0.198 e. The first-order chi connectivity index (χ1) is 9.63. The van der Waals surface area contributed by atoms with Crippen LogP contribution in [0.2, 0.25) is 10.0 Å². The van der Waals surface area contributed by atoms with E-state index in [1.54, 1.807) is 6.07 Å². The fourth-order valence-electron chi connectivity index (χ4n) is 2.41. The van der Waals surface area contributed by atoms with Crippen LogP contribution >= 0.6 is 23.2 Å². The Morgan fingerprint density at radius 1 is 1.15 bits per heavy atom. The summed E-state index contributed by atoms with van der Waals surface area (Å²) in [5, 5.41) is 1.05. The Morgan fingerprint density at radius 2 is 1.85 bits per heavy atom. The third kappa shape index (κ3) is 3.22. The van der Waals surface area contributed by atoms with Crippen molar-refractivity contribution in [3.05, 3.63) is 27.7 Å². The molecule has 0 amide bonds. The molecule has 0 radical (unpaired) electrons. The molecule has 1 aliphatic heterocycles. The number of halogens is 2. The second-order valence-corrected chi connectivity index (χ2v) is 5.66. The molecule has 2 rings (SSSR count). The molecule has 0 unspecified atom stereocenters. The van der Waals surface area contributed by atoms with Crippen LogP contribution in [0.5, 0.6) is 5.75 Å². The Labute approximate surface area is 130 Å². The standard InChI is InChI=1S/C15H20Cl2O3/c1-3-5-15(19-7-8-20-15)12-9-11(16)10-13(17)14(12)18-6-4-2/h9-10H,3-8H2,1-2H3. The average molecular weight is 319 g/mol. The Kier molecular flexibility index (Phi) is 5.56. The van der Waals surface area contributed by atoms with Crippen molar-refractivity contribution < 1.29 is 14.2 Å². The molecule has 0 saturated carbocycles. The highest BCUT2D eigenvalue weighted by Crippen LogP contribution is 2.45. The lowest BCUT2D eigenvalue weighted by Gasteiger charge is -2.30. The van der Waals surface area contributed by atoms with Crippen LogP contribution in [0.1, 0.15) is 38.7 Å². The number of hydrogen-bond donors (Lipinski definition) is 0. The van der Waals surface area contributed by atoms with Crippen molar-refractivity contribution in [1.29, 1.82) is 0 Å². The zero-order valence-electron chi connectivity index (χ0n) is 11.9. The summed E-state index contributed by atoms with van der Waals surface area (Å²) >= 11 is 12.4. The van der Waals surface area contributed by atoms with E-state index in [1.165, 1.54) is 0 Å². The van der Waals surface area contributed by atoms with E-state index in [1.807, 2.05) is 13.0 Å². The van der Waals surface area contributed by atoms with E-state index < -0.39 is 5.79 Å². The number of ether oxygens (including phenoxy) is 3. The second-order valence-electron chi connectivity index (χ2n) is 4.81. The first kappa shape index (κ1) is 15.9. The van der Waals surface area contributed by atoms with Crippen molar-refractivity contribution in [2.24, 2.45) is 0 Å². The number of rotatable bonds is 6. The van der Waals surface area contributed by atoms with Crippen LogP contribution in [0.4, 0.5) is 0 Å². The molecule has 1 aliphatic rings. The predicted molar refractivity (Wildman–Crippen MR) is 80.7 cm³/mol. The summed E-state index contributed by atoms with van der Waals surface area (Å²) in [4.78, 5) is 0. The van der Waals surface area contributed by atoms with Gasteiger partial charge in [-0.2, -0.15) is 0 Å². The third-order valence-electron chi connectivity index (χ3n) is 3.20. The molecule has 5 heteroatoms. The van der Waals surface area contributed by atoms with Crippen molar-refractivity contribution in [3.8, 4) is 5.75 Å². The van der Waals surface area contributed by atoms with E-state index in [2.05, 4.69) is 6.92 Å². The molecule has 0 bridgehead atoms. The van der Waals surface area contributed by atoms with Gasteiger partial charge in [-0.25, -0.2) is 0 Å². The maximum absolute atomic E-state index is 6.29. The Hall–Kier alpha value is -0.480. The summed E-state index contributed by atoms with van der Waals surface area (Å²) in [5.74, 6) is -0.167. The molecule has 0 spiro atoms. The summed E-state index contributed by atoms with van der Waals surface area (Å²) in [7, 11) is 0. The molecule has 3 nitrogen and oxygen atoms in total. The van der Waals surface area contributed by atoms with Crippen LogP contribution in [-0.4, -0.2) is 19.8 Å². The minimum absolute atomic E-state index is 0.496. The van der Waals surface area contributed by atoms with Gasteiger partial charge in [-0.3, -0.25) is 0 Å². The van der Waals surface area contributed by atoms with Gasteiger partial charge in [0.1, 0.15) is 5.75 Å². The second kappa shape index (κ2) is 6.99. The lowest BCUT2D eigenvalue weighted by molar-refractivity contribution is -0.172. The molecule has 0 aromatic heterocycles. The van der Waals surface area contributed by atoms with Crippen molar-refractivity contribution >= 4 is 23.2 Å². The van der Waals surface area contributed by atoms with Gasteiger partial charge in [0.2, 0.25) is 0 Å². The minimum Gasteiger partial charge on any atom is -0.492 e. The molecule has 1 heterocycles. The van der Waals surface area contributed by atoms with Crippen LogP contribution in [0.3, 0.4) is 0 Å². The lowest BCUT2D eigenvalue weighted by Crippen LogP contribution is -2.28. The number of benzene rings is 1. The molecule has 1 saturated heterocycles. The summed E-state index contributed by atoms with van der Waals surface area (Å²) < 4.78 is 17.6. The first-order valence-electron chi connectivity index (χ1n) is 7.03. The number of hydrogen-bond acceptors (Lipinski definition) is 3. The van der Waals surface area contributed by atoms with E-state index in [0.717, 1.165) is 24.8 Å². The predicted octanol–water partition coefficient (Wildman–Crippen LogP) is 4.78. The van der Waals surface area contributed by atoms with E-state index in [4.69, 9.17) is 37.4 Å². The van der Waals surface area contributed by atoms with Crippen LogP contribution in [-0.2, 0) is 15.3 Å². The van der Waals surface area contributed by atoms with E-state index >= 15 is 0 Å². The summed E-state index contributed by atoms with van der Waals surface area (Å²) in [6.45, 7) is 5.87. The largest absolute Gasteiger partial charge is 0.492 e. The quantitative estimate of drug-likeness (QED) is 0.755. The smallest absolute Gasteiger partial charge is 0.198 e. The molecule has 112 valence electrons. The Morgan fingerprint density at radius 3 is 2.45 bits per heavy atom. The highest BCUT2D eigenvalue weighted by atomic mass is 35.5. The molecule has 0 N–H and O–H groups in total. The van der Waals surface area contributed by atoms with Gasteiger partial charge in [-0.1, -0.05) is 43.5 Å². The zero-order chi connectivity index (χ0) is 14.6. The van der Waals surface area contributed by atoms with Crippen LogP contribution < -0.4 is 4.74 Å². The Balaban J connectivity index is 2.46. The molecule has 1 fully saturated rings. The van der Waals surface area contributed by atoms with Gasteiger partial charge in [-0.15, -0.1) is 0 Å². The third-order valence-corrected chi connectivity index (χ3v) is 3.70. The van der Waals surface area contributed by atoms with Crippen LogP contribution in [0.25, 0.3) is 0 Å². The van der Waals surface area contributed by atoms with Gasteiger partial charge in [-0.05, 0) is 18.6 Å². The monoisotopic (exact) mass is 318 g/mol. The summed E-state index contributed by atoms with van der Waals surface area (Å²) in [5.41, 5.74) is 0.794. The van der Waals surface area contributed by atoms with Gasteiger partial charge in [0, 0.05) is 11.4 Å². The van der Waals surface area contributed by atoms with Crippen molar-refractivity contribution in [3.63, 3.8) is 0 Å². The van der Waals surface area contributed by atoms with E-state index in [0.29, 0.717) is 35.6 Å².